The molecule has 9 heteroatoms. The molecule has 0 radical (unpaired) electrons. The third-order valence-corrected chi connectivity index (χ3v) is 7.75. The Morgan fingerprint density at radius 1 is 1.00 bits per heavy atom. The monoisotopic (exact) mass is 484 g/mol. The molecule has 2 aromatic carbocycles. The molecule has 9 nitrogen and oxygen atoms in total. The Balaban J connectivity index is 1.41. The molecule has 2 aromatic heterocycles. The molecule has 3 aliphatic rings. The van der Waals surface area contributed by atoms with Crippen LogP contribution in [0, 0.1) is 0 Å². The van der Waals surface area contributed by atoms with Crippen LogP contribution in [0.5, 0.6) is 11.5 Å². The van der Waals surface area contributed by atoms with E-state index in [1.54, 1.807) is 0 Å². The molecule has 4 aromatic rings. The number of nitrogens with one attached hydrogen (secondary N) is 1. The highest BCUT2D eigenvalue weighted by molar-refractivity contribution is 5.83. The minimum absolute atomic E-state index is 0.147. The van der Waals surface area contributed by atoms with E-state index in [0.717, 1.165) is 48.2 Å². The van der Waals surface area contributed by atoms with Gasteiger partial charge in [-0.15, -0.1) is 5.10 Å². The Labute approximate surface area is 208 Å². The van der Waals surface area contributed by atoms with Crippen molar-refractivity contribution in [3.8, 4) is 11.5 Å². The number of pyridine rings is 1. The van der Waals surface area contributed by atoms with Crippen molar-refractivity contribution in [2.75, 3.05) is 24.7 Å². The van der Waals surface area contributed by atoms with Crippen molar-refractivity contribution in [3.05, 3.63) is 69.8 Å². The number of fused-ring (bicyclic) bond motifs is 3. The average molecular weight is 485 g/mol. The lowest BCUT2D eigenvalue weighted by atomic mass is 9.95. The summed E-state index contributed by atoms with van der Waals surface area (Å²) in [5, 5.41) is 14.0. The zero-order valence-electron chi connectivity index (χ0n) is 20.0. The summed E-state index contributed by atoms with van der Waals surface area (Å²) >= 11 is 0. The Morgan fingerprint density at radius 2 is 1.81 bits per heavy atom. The molecule has 1 fully saturated rings. The molecule has 1 aliphatic carbocycles. The summed E-state index contributed by atoms with van der Waals surface area (Å²) in [6.45, 7) is 1.80. The van der Waals surface area contributed by atoms with E-state index in [2.05, 4.69) is 43.6 Å². The summed E-state index contributed by atoms with van der Waals surface area (Å²) in [7, 11) is 0. The number of anilines is 1. The number of aromatic nitrogens is 5. The van der Waals surface area contributed by atoms with Crippen molar-refractivity contribution in [2.45, 2.75) is 50.6 Å². The van der Waals surface area contributed by atoms with Crippen molar-refractivity contribution in [2.24, 2.45) is 0 Å². The number of aromatic amines is 1. The number of hydrogen-bond donors (Lipinski definition) is 1. The van der Waals surface area contributed by atoms with Crippen LogP contribution >= 0.6 is 0 Å². The molecule has 1 N–H and O–H groups in total. The topological polar surface area (TPSA) is 98.2 Å². The van der Waals surface area contributed by atoms with Crippen LogP contribution in [0.2, 0.25) is 0 Å². The number of nitrogens with zero attached hydrogens (tertiary/aromatic N) is 5. The normalized spacial score (nSPS) is 18.4. The lowest BCUT2D eigenvalue weighted by molar-refractivity contribution is 0.172. The number of benzene rings is 2. The third kappa shape index (κ3) is 3.53. The van der Waals surface area contributed by atoms with Crippen LogP contribution in [0.15, 0.2) is 47.3 Å². The number of para-hydroxylation sites is 1. The molecule has 1 atom stereocenters. The molecule has 1 saturated carbocycles. The largest absolute Gasteiger partial charge is 0.486 e. The van der Waals surface area contributed by atoms with E-state index in [-0.39, 0.29) is 11.6 Å². The molecule has 0 spiro atoms. The van der Waals surface area contributed by atoms with Crippen LogP contribution in [0.3, 0.4) is 0 Å². The van der Waals surface area contributed by atoms with Gasteiger partial charge in [0.05, 0.1) is 11.6 Å². The van der Waals surface area contributed by atoms with Crippen LogP contribution in [0.25, 0.3) is 10.9 Å². The van der Waals surface area contributed by atoms with Crippen molar-refractivity contribution < 1.29 is 9.47 Å². The lowest BCUT2D eigenvalue weighted by Gasteiger charge is -2.31. The van der Waals surface area contributed by atoms with Gasteiger partial charge in [0.2, 0.25) is 0 Å². The second-order valence-corrected chi connectivity index (χ2v) is 9.89. The molecule has 0 amide bonds. The zero-order chi connectivity index (χ0) is 24.1. The van der Waals surface area contributed by atoms with Gasteiger partial charge in [-0.1, -0.05) is 37.5 Å². The van der Waals surface area contributed by atoms with E-state index in [1.807, 2.05) is 28.9 Å². The first-order valence-corrected chi connectivity index (χ1v) is 12.8. The Morgan fingerprint density at radius 3 is 2.67 bits per heavy atom. The van der Waals surface area contributed by atoms with Crippen LogP contribution in [0.1, 0.15) is 61.1 Å². The second kappa shape index (κ2) is 8.65. The van der Waals surface area contributed by atoms with Gasteiger partial charge in [-0.05, 0) is 53.5 Å². The molecule has 36 heavy (non-hydrogen) atoms. The number of ether oxygens (including phenoxy) is 2. The van der Waals surface area contributed by atoms with Crippen LogP contribution in [-0.4, -0.2) is 44.9 Å². The molecule has 0 bridgehead atoms. The van der Waals surface area contributed by atoms with Crippen molar-refractivity contribution in [1.29, 1.82) is 0 Å². The number of rotatable bonds is 4. The number of H-pyrrole nitrogens is 1. The van der Waals surface area contributed by atoms with Gasteiger partial charge in [0, 0.05) is 29.2 Å². The van der Waals surface area contributed by atoms with Gasteiger partial charge in [-0.2, -0.15) is 0 Å². The minimum Gasteiger partial charge on any atom is -0.486 e. The molecule has 7 rings (SSSR count). The smallest absolute Gasteiger partial charge is 0.254 e. The van der Waals surface area contributed by atoms with Crippen molar-refractivity contribution in [1.82, 2.24) is 25.2 Å². The van der Waals surface area contributed by atoms with Gasteiger partial charge < -0.3 is 19.4 Å². The van der Waals surface area contributed by atoms with E-state index in [1.165, 1.54) is 24.8 Å². The van der Waals surface area contributed by atoms with E-state index < -0.39 is 6.04 Å². The molecule has 184 valence electrons. The SMILES string of the molecule is O=c1[nH]c2cc3c(cc2cc1[C@H](c1nnnn1C1CCCCC1)N1CCc2ccccc21)OCCO3. The molecule has 2 aliphatic heterocycles. The van der Waals surface area contributed by atoms with Gasteiger partial charge >= 0.3 is 0 Å². The van der Waals surface area contributed by atoms with Gasteiger partial charge in [0.1, 0.15) is 19.3 Å². The maximum absolute atomic E-state index is 13.7. The van der Waals surface area contributed by atoms with Crippen LogP contribution in [0.4, 0.5) is 5.69 Å². The predicted octanol–water partition coefficient (Wildman–Crippen LogP) is 3.94. The van der Waals surface area contributed by atoms with Gasteiger partial charge in [0.25, 0.3) is 5.56 Å². The molecule has 0 saturated heterocycles. The molecular formula is C27H28N6O3. The molecular weight excluding hydrogens is 456 g/mol. The average Bonchev–Trinajstić information content (AvgIpc) is 3.57. The number of tetrazole rings is 1. The maximum Gasteiger partial charge on any atom is 0.254 e. The summed E-state index contributed by atoms with van der Waals surface area (Å²) in [4.78, 5) is 19.1. The molecule has 4 heterocycles. The van der Waals surface area contributed by atoms with Crippen LogP contribution in [-0.2, 0) is 6.42 Å². The predicted molar refractivity (Wildman–Crippen MR) is 135 cm³/mol. The lowest BCUT2D eigenvalue weighted by Crippen LogP contribution is -2.35. The minimum atomic E-state index is -0.410. The first kappa shape index (κ1) is 21.4. The Bertz CT molecular complexity index is 1490. The van der Waals surface area contributed by atoms with Gasteiger partial charge in [0.15, 0.2) is 17.3 Å². The highest BCUT2D eigenvalue weighted by atomic mass is 16.6. The summed E-state index contributed by atoms with van der Waals surface area (Å²) in [6, 6.07) is 14.0. The highest BCUT2D eigenvalue weighted by Gasteiger charge is 2.36. The maximum atomic E-state index is 13.7. The first-order chi connectivity index (χ1) is 17.8. The van der Waals surface area contributed by atoms with Gasteiger partial charge in [-0.25, -0.2) is 4.68 Å². The van der Waals surface area contributed by atoms with E-state index in [0.29, 0.717) is 30.3 Å². The highest BCUT2D eigenvalue weighted by Crippen LogP contribution is 2.40. The van der Waals surface area contributed by atoms with Gasteiger partial charge in [-0.3, -0.25) is 4.79 Å². The fourth-order valence-electron chi connectivity index (χ4n) is 6.01. The summed E-state index contributed by atoms with van der Waals surface area (Å²) in [6.07, 6.45) is 6.62. The summed E-state index contributed by atoms with van der Waals surface area (Å²) < 4.78 is 13.5. The fourth-order valence-corrected chi connectivity index (χ4v) is 6.01. The molecule has 0 unspecified atom stereocenters. The standard InChI is InChI=1S/C27H28N6O3/c34-27-20(14-18-15-23-24(16-21(18)28-27)36-13-12-35-23)25(32-11-10-17-6-4-5-9-22(17)32)26-29-30-31-33(26)19-7-2-1-3-8-19/h4-6,9,14-16,19,25H,1-3,7-8,10-13H2,(H,28,34)/t25-/m1/s1. The zero-order valence-corrected chi connectivity index (χ0v) is 20.0. The van der Waals surface area contributed by atoms with Crippen LogP contribution < -0.4 is 19.9 Å². The first-order valence-electron chi connectivity index (χ1n) is 12.8. The Kier molecular flexibility index (Phi) is 5.15. The number of hydrogen-bond acceptors (Lipinski definition) is 7. The fraction of sp³-hybridized carbons (Fsp3) is 0.407. The summed E-state index contributed by atoms with van der Waals surface area (Å²) in [5.74, 6) is 2.08. The Hall–Kier alpha value is -3.88. The van der Waals surface area contributed by atoms with Crippen molar-refractivity contribution >= 4 is 16.6 Å². The quantitative estimate of drug-likeness (QED) is 0.468. The second-order valence-electron chi connectivity index (χ2n) is 9.89. The van der Waals surface area contributed by atoms with E-state index in [4.69, 9.17) is 9.47 Å². The third-order valence-electron chi connectivity index (χ3n) is 7.75. The van der Waals surface area contributed by atoms with Crippen molar-refractivity contribution in [3.63, 3.8) is 0 Å². The van der Waals surface area contributed by atoms with E-state index in [9.17, 15) is 4.79 Å². The summed E-state index contributed by atoms with van der Waals surface area (Å²) in [5.41, 5.74) is 3.60. The van der Waals surface area contributed by atoms with E-state index >= 15 is 0 Å².